The van der Waals surface area contributed by atoms with Crippen molar-refractivity contribution in [3.63, 3.8) is 0 Å². The molecule has 0 amide bonds. The largest absolute Gasteiger partial charge is 0.324 e. The van der Waals surface area contributed by atoms with Crippen molar-refractivity contribution >= 4 is 11.3 Å². The van der Waals surface area contributed by atoms with Crippen LogP contribution in [0, 0.1) is 0 Å². The maximum absolute atomic E-state index is 5.51. The van der Waals surface area contributed by atoms with Gasteiger partial charge in [0.2, 0.25) is 0 Å². The van der Waals surface area contributed by atoms with E-state index in [0.717, 1.165) is 5.01 Å². The van der Waals surface area contributed by atoms with E-state index in [-0.39, 0.29) is 0 Å². The quantitative estimate of drug-likeness (QED) is 0.787. The van der Waals surface area contributed by atoms with Gasteiger partial charge >= 0.3 is 0 Å². The van der Waals surface area contributed by atoms with Crippen LogP contribution in [0.4, 0.5) is 0 Å². The number of rotatable bonds is 2. The molecule has 0 radical (unpaired) electrons. The number of nitrogens with two attached hydrogens (primary N) is 1. The van der Waals surface area contributed by atoms with E-state index in [9.17, 15) is 0 Å². The molecule has 4 heteroatoms. The SMILES string of the molecule is CC1(c2nnc(CN)s2)CCCC1. The Kier molecular flexibility index (Phi) is 2.34. The van der Waals surface area contributed by atoms with Crippen LogP contribution in [-0.2, 0) is 12.0 Å². The fraction of sp³-hybridized carbons (Fsp3) is 0.778. The van der Waals surface area contributed by atoms with Crippen LogP contribution in [0.2, 0.25) is 0 Å². The first-order valence-electron chi connectivity index (χ1n) is 4.77. The highest BCUT2D eigenvalue weighted by Gasteiger charge is 2.33. The Morgan fingerprint density at radius 3 is 2.62 bits per heavy atom. The van der Waals surface area contributed by atoms with Gasteiger partial charge in [-0.3, -0.25) is 0 Å². The molecule has 2 N–H and O–H groups in total. The summed E-state index contributed by atoms with van der Waals surface area (Å²) in [6, 6.07) is 0. The first-order chi connectivity index (χ1) is 6.24. The molecule has 0 spiro atoms. The molecule has 0 aromatic carbocycles. The molecular formula is C9H15N3S. The molecule has 1 fully saturated rings. The molecule has 1 aliphatic carbocycles. The summed E-state index contributed by atoms with van der Waals surface area (Å²) in [7, 11) is 0. The maximum atomic E-state index is 5.51. The molecule has 0 saturated heterocycles. The number of nitrogens with zero attached hydrogens (tertiary/aromatic N) is 2. The van der Waals surface area contributed by atoms with Crippen molar-refractivity contribution < 1.29 is 0 Å². The molecule has 0 bridgehead atoms. The third-order valence-electron chi connectivity index (χ3n) is 2.86. The maximum Gasteiger partial charge on any atom is 0.131 e. The van der Waals surface area contributed by atoms with Gasteiger partial charge in [-0.2, -0.15) is 0 Å². The van der Waals surface area contributed by atoms with Gasteiger partial charge in [0.05, 0.1) is 0 Å². The summed E-state index contributed by atoms with van der Waals surface area (Å²) in [4.78, 5) is 0. The molecule has 0 atom stereocenters. The molecule has 1 aliphatic rings. The third kappa shape index (κ3) is 1.60. The van der Waals surface area contributed by atoms with E-state index in [0.29, 0.717) is 12.0 Å². The molecule has 1 aromatic rings. The van der Waals surface area contributed by atoms with E-state index >= 15 is 0 Å². The Balaban J connectivity index is 2.23. The Hall–Kier alpha value is -0.480. The van der Waals surface area contributed by atoms with Gasteiger partial charge in [-0.15, -0.1) is 10.2 Å². The van der Waals surface area contributed by atoms with Crippen LogP contribution in [0.1, 0.15) is 42.6 Å². The zero-order valence-corrected chi connectivity index (χ0v) is 8.73. The monoisotopic (exact) mass is 197 g/mol. The highest BCUT2D eigenvalue weighted by molar-refractivity contribution is 7.11. The van der Waals surface area contributed by atoms with Crippen LogP contribution in [-0.4, -0.2) is 10.2 Å². The van der Waals surface area contributed by atoms with Crippen molar-refractivity contribution in [2.45, 2.75) is 44.6 Å². The zero-order valence-electron chi connectivity index (χ0n) is 7.92. The minimum absolute atomic E-state index is 0.297. The fourth-order valence-corrected chi connectivity index (χ4v) is 2.87. The molecular weight excluding hydrogens is 182 g/mol. The van der Waals surface area contributed by atoms with Crippen molar-refractivity contribution in [2.75, 3.05) is 0 Å². The van der Waals surface area contributed by atoms with E-state index in [4.69, 9.17) is 5.73 Å². The van der Waals surface area contributed by atoms with Crippen LogP contribution in [0.3, 0.4) is 0 Å². The lowest BCUT2D eigenvalue weighted by molar-refractivity contribution is 0.484. The molecule has 1 saturated carbocycles. The summed E-state index contributed by atoms with van der Waals surface area (Å²) in [5.74, 6) is 0. The normalized spacial score (nSPS) is 20.8. The van der Waals surface area contributed by atoms with Crippen LogP contribution < -0.4 is 5.73 Å². The van der Waals surface area contributed by atoms with Gasteiger partial charge in [0.25, 0.3) is 0 Å². The van der Waals surface area contributed by atoms with Crippen molar-refractivity contribution in [2.24, 2.45) is 5.73 Å². The lowest BCUT2D eigenvalue weighted by Crippen LogP contribution is -2.16. The Bertz CT molecular complexity index is 289. The van der Waals surface area contributed by atoms with Gasteiger partial charge < -0.3 is 5.73 Å². The molecule has 0 aliphatic heterocycles. The predicted molar refractivity (Wildman–Crippen MR) is 53.6 cm³/mol. The second kappa shape index (κ2) is 3.35. The molecule has 2 rings (SSSR count). The summed E-state index contributed by atoms with van der Waals surface area (Å²) in [6.07, 6.45) is 5.17. The van der Waals surface area contributed by atoms with Gasteiger partial charge in [-0.05, 0) is 12.8 Å². The van der Waals surface area contributed by atoms with Gasteiger partial charge in [-0.25, -0.2) is 0 Å². The third-order valence-corrected chi connectivity index (χ3v) is 4.12. The minimum Gasteiger partial charge on any atom is -0.324 e. The average Bonchev–Trinajstić information content (AvgIpc) is 2.72. The van der Waals surface area contributed by atoms with Gasteiger partial charge in [0.1, 0.15) is 10.0 Å². The van der Waals surface area contributed by atoms with E-state index in [1.165, 1.54) is 30.7 Å². The molecule has 0 unspecified atom stereocenters. The van der Waals surface area contributed by atoms with Crippen molar-refractivity contribution in [3.8, 4) is 0 Å². The van der Waals surface area contributed by atoms with Gasteiger partial charge in [0, 0.05) is 12.0 Å². The molecule has 13 heavy (non-hydrogen) atoms. The van der Waals surface area contributed by atoms with Gasteiger partial charge in [0.15, 0.2) is 0 Å². The second-order valence-corrected chi connectivity index (χ2v) is 5.03. The molecule has 72 valence electrons. The summed E-state index contributed by atoms with van der Waals surface area (Å²) in [5, 5.41) is 10.4. The number of aromatic nitrogens is 2. The smallest absolute Gasteiger partial charge is 0.131 e. The molecule has 1 aromatic heterocycles. The summed E-state index contributed by atoms with van der Waals surface area (Å²) >= 11 is 1.68. The Morgan fingerprint density at radius 2 is 2.08 bits per heavy atom. The van der Waals surface area contributed by atoms with Gasteiger partial charge in [-0.1, -0.05) is 31.1 Å². The van der Waals surface area contributed by atoms with Crippen molar-refractivity contribution in [3.05, 3.63) is 10.0 Å². The lowest BCUT2D eigenvalue weighted by atomic mass is 9.90. The van der Waals surface area contributed by atoms with E-state index in [1.807, 2.05) is 0 Å². The minimum atomic E-state index is 0.297. The number of hydrogen-bond donors (Lipinski definition) is 1. The van der Waals surface area contributed by atoms with Crippen LogP contribution in [0.5, 0.6) is 0 Å². The highest BCUT2D eigenvalue weighted by Crippen LogP contribution is 2.41. The first-order valence-corrected chi connectivity index (χ1v) is 5.59. The lowest BCUT2D eigenvalue weighted by Gasteiger charge is -2.18. The van der Waals surface area contributed by atoms with E-state index in [2.05, 4.69) is 17.1 Å². The van der Waals surface area contributed by atoms with Crippen molar-refractivity contribution in [1.29, 1.82) is 0 Å². The average molecular weight is 197 g/mol. The van der Waals surface area contributed by atoms with Crippen molar-refractivity contribution in [1.82, 2.24) is 10.2 Å². The van der Waals surface area contributed by atoms with Crippen LogP contribution >= 0.6 is 11.3 Å². The van der Waals surface area contributed by atoms with Crippen LogP contribution in [0.15, 0.2) is 0 Å². The summed E-state index contributed by atoms with van der Waals surface area (Å²) in [5.41, 5.74) is 5.81. The molecule has 3 nitrogen and oxygen atoms in total. The van der Waals surface area contributed by atoms with E-state index in [1.54, 1.807) is 11.3 Å². The first kappa shape index (κ1) is 9.09. The fourth-order valence-electron chi connectivity index (χ4n) is 1.95. The molecule has 1 heterocycles. The van der Waals surface area contributed by atoms with Crippen LogP contribution in [0.25, 0.3) is 0 Å². The topological polar surface area (TPSA) is 51.8 Å². The predicted octanol–water partition coefficient (Wildman–Crippen LogP) is 1.83. The summed E-state index contributed by atoms with van der Waals surface area (Å²) < 4.78 is 0. The Labute approximate surface area is 82.4 Å². The number of hydrogen-bond acceptors (Lipinski definition) is 4. The Morgan fingerprint density at radius 1 is 1.38 bits per heavy atom. The standard InChI is InChI=1S/C9H15N3S/c1-9(4-2-3-5-9)8-12-11-7(6-10)13-8/h2-6,10H2,1H3. The zero-order chi connectivity index (χ0) is 9.31. The summed E-state index contributed by atoms with van der Waals surface area (Å²) in [6.45, 7) is 2.81. The second-order valence-electron chi connectivity index (χ2n) is 3.97. The van der Waals surface area contributed by atoms with E-state index < -0.39 is 0 Å². The highest BCUT2D eigenvalue weighted by atomic mass is 32.1.